The number of nitrogens with zero attached hydrogens (tertiary/aromatic N) is 2. The van der Waals surface area contributed by atoms with E-state index in [1.807, 2.05) is 6.07 Å². The molecule has 2 aliphatic rings. The highest BCUT2D eigenvalue weighted by molar-refractivity contribution is 7.92. The van der Waals surface area contributed by atoms with Crippen molar-refractivity contribution < 1.29 is 31.2 Å². The van der Waals surface area contributed by atoms with Crippen LogP contribution in [0.3, 0.4) is 0 Å². The van der Waals surface area contributed by atoms with Crippen molar-refractivity contribution in [2.75, 3.05) is 6.54 Å². The van der Waals surface area contributed by atoms with Gasteiger partial charge in [0.25, 0.3) is 0 Å². The van der Waals surface area contributed by atoms with Crippen LogP contribution in [-0.4, -0.2) is 54.7 Å². The van der Waals surface area contributed by atoms with Gasteiger partial charge in [-0.25, -0.2) is 8.42 Å². The molecule has 1 saturated heterocycles. The number of hydrogen-bond acceptors (Lipinski definition) is 5. The van der Waals surface area contributed by atoms with Crippen LogP contribution in [0.4, 0.5) is 13.2 Å². The van der Waals surface area contributed by atoms with Crippen molar-refractivity contribution in [1.82, 2.24) is 10.2 Å². The molecular formula is C18H16Cl2F3N3O4S. The van der Waals surface area contributed by atoms with Gasteiger partial charge in [0, 0.05) is 11.6 Å². The Balaban J connectivity index is 1.90. The minimum Gasteiger partial charge on any atom is -0.336 e. The third kappa shape index (κ3) is 5.07. The standard InChI is InChI=1S/C18H16Cl2F3N3O4S/c19-10-1-2-14(12(20)5-10)31(29,30)11-6-13(16(28)25-17(9-24)3-4-17)26(8-11)15(27)7-18(21,22)23/h1-2,5,11,13H,3-4,6-8H2,(H,25,28)/t11-,13+/m1/s1. The summed E-state index contributed by atoms with van der Waals surface area (Å²) >= 11 is 11.8. The van der Waals surface area contributed by atoms with Crippen molar-refractivity contribution in [3.8, 4) is 6.07 Å². The van der Waals surface area contributed by atoms with E-state index in [4.69, 9.17) is 28.5 Å². The number of nitrogens with one attached hydrogen (secondary N) is 1. The number of amides is 2. The van der Waals surface area contributed by atoms with Crippen molar-refractivity contribution in [2.45, 2.75) is 53.6 Å². The van der Waals surface area contributed by atoms with Gasteiger partial charge in [-0.2, -0.15) is 18.4 Å². The molecule has 2 fully saturated rings. The molecule has 0 unspecified atom stereocenters. The van der Waals surface area contributed by atoms with Crippen LogP contribution in [-0.2, 0) is 19.4 Å². The lowest BCUT2D eigenvalue weighted by atomic mass is 10.1. The van der Waals surface area contributed by atoms with E-state index >= 15 is 0 Å². The second kappa shape index (κ2) is 8.15. The maximum atomic E-state index is 13.1. The fraction of sp³-hybridized carbons (Fsp3) is 0.500. The third-order valence-electron chi connectivity index (χ3n) is 5.20. The number of halogens is 5. The van der Waals surface area contributed by atoms with Gasteiger partial charge in [0.15, 0.2) is 9.84 Å². The first-order chi connectivity index (χ1) is 14.3. The van der Waals surface area contributed by atoms with Crippen LogP contribution in [0, 0.1) is 11.3 Å². The zero-order valence-electron chi connectivity index (χ0n) is 15.7. The van der Waals surface area contributed by atoms with Crippen molar-refractivity contribution in [3.05, 3.63) is 28.2 Å². The van der Waals surface area contributed by atoms with Gasteiger partial charge in [-0.05, 0) is 37.5 Å². The molecular weight excluding hydrogens is 482 g/mol. The molecule has 7 nitrogen and oxygen atoms in total. The number of carbonyl (C=O) groups is 2. The van der Waals surface area contributed by atoms with E-state index in [1.54, 1.807) is 0 Å². The molecule has 0 radical (unpaired) electrons. The summed E-state index contributed by atoms with van der Waals surface area (Å²) in [5.41, 5.74) is -1.13. The highest BCUT2D eigenvalue weighted by Gasteiger charge is 2.51. The highest BCUT2D eigenvalue weighted by atomic mass is 35.5. The number of sulfone groups is 1. The molecule has 0 spiro atoms. The van der Waals surface area contributed by atoms with E-state index in [2.05, 4.69) is 5.32 Å². The normalized spacial score (nSPS) is 22.6. The Labute approximate surface area is 186 Å². The van der Waals surface area contributed by atoms with Gasteiger partial charge in [-0.15, -0.1) is 0 Å². The Kier molecular flexibility index (Phi) is 6.21. The molecule has 1 saturated carbocycles. The zero-order valence-corrected chi connectivity index (χ0v) is 18.1. The average Bonchev–Trinajstić information content (AvgIpc) is 3.25. The van der Waals surface area contributed by atoms with E-state index in [0.717, 1.165) is 6.07 Å². The molecule has 1 aromatic carbocycles. The van der Waals surface area contributed by atoms with Gasteiger partial charge in [0.1, 0.15) is 18.0 Å². The first-order valence-corrected chi connectivity index (χ1v) is 11.4. The second-order valence-electron chi connectivity index (χ2n) is 7.51. The Bertz CT molecular complexity index is 1070. The van der Waals surface area contributed by atoms with E-state index in [1.165, 1.54) is 12.1 Å². The molecule has 3 rings (SSSR count). The van der Waals surface area contributed by atoms with Crippen LogP contribution >= 0.6 is 23.2 Å². The van der Waals surface area contributed by atoms with Crippen molar-refractivity contribution >= 4 is 44.9 Å². The Morgan fingerprint density at radius 2 is 1.94 bits per heavy atom. The number of rotatable bonds is 5. The molecule has 13 heteroatoms. The molecule has 0 bridgehead atoms. The lowest BCUT2D eigenvalue weighted by Crippen LogP contribution is -2.50. The molecule has 2 atom stereocenters. The number of benzene rings is 1. The summed E-state index contributed by atoms with van der Waals surface area (Å²) in [6.45, 7) is -0.617. The number of alkyl halides is 3. The molecule has 168 valence electrons. The second-order valence-corrected chi connectivity index (χ2v) is 10.6. The fourth-order valence-electron chi connectivity index (χ4n) is 3.41. The number of carbonyl (C=O) groups excluding carboxylic acids is 2. The van der Waals surface area contributed by atoms with Gasteiger partial charge in [-0.1, -0.05) is 23.2 Å². The van der Waals surface area contributed by atoms with E-state index < -0.39 is 64.0 Å². The van der Waals surface area contributed by atoms with E-state index in [0.29, 0.717) is 17.7 Å². The van der Waals surface area contributed by atoms with Crippen LogP contribution in [0.25, 0.3) is 0 Å². The Hall–Kier alpha value is -2.03. The molecule has 1 aliphatic heterocycles. The highest BCUT2D eigenvalue weighted by Crippen LogP contribution is 2.37. The van der Waals surface area contributed by atoms with Crippen LogP contribution in [0.5, 0.6) is 0 Å². The third-order valence-corrected chi connectivity index (χ3v) is 8.05. The summed E-state index contributed by atoms with van der Waals surface area (Å²) in [4.78, 5) is 25.3. The quantitative estimate of drug-likeness (QED) is 0.672. The molecule has 2 amide bonds. The largest absolute Gasteiger partial charge is 0.397 e. The fourth-order valence-corrected chi connectivity index (χ4v) is 5.89. The number of nitriles is 1. The maximum absolute atomic E-state index is 13.1. The van der Waals surface area contributed by atoms with Crippen LogP contribution in [0.2, 0.25) is 10.0 Å². The van der Waals surface area contributed by atoms with Crippen LogP contribution in [0.15, 0.2) is 23.1 Å². The predicted molar refractivity (Wildman–Crippen MR) is 104 cm³/mol. The van der Waals surface area contributed by atoms with Gasteiger partial charge >= 0.3 is 6.18 Å². The molecule has 31 heavy (non-hydrogen) atoms. The summed E-state index contributed by atoms with van der Waals surface area (Å²) in [7, 11) is -4.21. The first-order valence-electron chi connectivity index (χ1n) is 9.06. The summed E-state index contributed by atoms with van der Waals surface area (Å²) < 4.78 is 64.5. The molecule has 1 aromatic rings. The van der Waals surface area contributed by atoms with Gasteiger partial charge in [0.05, 0.1) is 21.2 Å². The van der Waals surface area contributed by atoms with Gasteiger partial charge in [0.2, 0.25) is 11.8 Å². The number of likely N-dealkylation sites (tertiary alicyclic amines) is 1. The van der Waals surface area contributed by atoms with E-state index in [-0.39, 0.29) is 14.9 Å². The topological polar surface area (TPSA) is 107 Å². The van der Waals surface area contributed by atoms with Crippen LogP contribution < -0.4 is 5.32 Å². The maximum Gasteiger partial charge on any atom is 0.397 e. The minimum absolute atomic E-state index is 0.181. The van der Waals surface area contributed by atoms with Crippen molar-refractivity contribution in [3.63, 3.8) is 0 Å². The molecule has 1 heterocycles. The van der Waals surface area contributed by atoms with Gasteiger partial charge in [-0.3, -0.25) is 9.59 Å². The van der Waals surface area contributed by atoms with E-state index in [9.17, 15) is 31.2 Å². The Morgan fingerprint density at radius 3 is 2.45 bits per heavy atom. The lowest BCUT2D eigenvalue weighted by Gasteiger charge is -2.25. The summed E-state index contributed by atoms with van der Waals surface area (Å²) in [6, 6.07) is 4.08. The minimum atomic E-state index is -4.83. The first kappa shape index (κ1) is 23.6. The zero-order chi connectivity index (χ0) is 23.2. The van der Waals surface area contributed by atoms with Crippen LogP contribution in [0.1, 0.15) is 25.7 Å². The molecule has 1 N–H and O–H groups in total. The smallest absolute Gasteiger partial charge is 0.336 e. The monoisotopic (exact) mass is 497 g/mol. The summed E-state index contributed by atoms with van der Waals surface area (Å²) in [6.07, 6.45) is -6.38. The average molecular weight is 498 g/mol. The SMILES string of the molecule is N#CC1(NC(=O)[C@@H]2C[C@@H](S(=O)(=O)c3ccc(Cl)cc3Cl)CN2C(=O)CC(F)(F)F)CC1. The van der Waals surface area contributed by atoms with Crippen molar-refractivity contribution in [2.24, 2.45) is 0 Å². The summed E-state index contributed by atoms with van der Waals surface area (Å²) in [5.74, 6) is -2.29. The Morgan fingerprint density at radius 1 is 1.29 bits per heavy atom. The molecule has 1 aliphatic carbocycles. The predicted octanol–water partition coefficient (Wildman–Crippen LogP) is 2.86. The number of hydrogen-bond donors (Lipinski definition) is 1. The summed E-state index contributed by atoms with van der Waals surface area (Å²) in [5, 5.41) is 10.2. The molecule has 0 aromatic heterocycles. The lowest BCUT2D eigenvalue weighted by molar-refractivity contribution is -0.163. The van der Waals surface area contributed by atoms with Gasteiger partial charge < -0.3 is 10.2 Å². The van der Waals surface area contributed by atoms with Crippen molar-refractivity contribution in [1.29, 1.82) is 5.26 Å².